The van der Waals surface area contributed by atoms with Crippen molar-refractivity contribution in [2.24, 2.45) is 0 Å². The van der Waals surface area contributed by atoms with E-state index in [4.69, 9.17) is 9.47 Å². The zero-order valence-electron chi connectivity index (χ0n) is 22.4. The van der Waals surface area contributed by atoms with Crippen molar-refractivity contribution in [3.8, 4) is 5.75 Å². The average molecular weight is 486 g/mol. The normalized spacial score (nSPS) is 13.3. The second-order valence-corrected chi connectivity index (χ2v) is 9.05. The summed E-state index contributed by atoms with van der Waals surface area (Å²) in [7, 11) is 0. The molecule has 36 heavy (non-hydrogen) atoms. The molecule has 1 aliphatic rings. The fraction of sp³-hybridized carbons (Fsp3) is 0.394. The van der Waals surface area contributed by atoms with Crippen molar-refractivity contribution in [2.45, 2.75) is 46.5 Å². The Labute approximate surface area is 218 Å². The van der Waals surface area contributed by atoms with Crippen LogP contribution in [0, 0.1) is 0 Å². The maximum atomic E-state index is 6.03. The molecule has 0 saturated carbocycles. The highest BCUT2D eigenvalue weighted by Crippen LogP contribution is 2.36. The average Bonchev–Trinajstić information content (AvgIpc) is 2.90. The number of hydrogen-bond donors (Lipinski definition) is 0. The molecular weight excluding hydrogens is 442 g/mol. The third kappa shape index (κ3) is 8.65. The Kier molecular flexibility index (Phi) is 12.3. The zero-order chi connectivity index (χ0) is 25.4. The monoisotopic (exact) mass is 485 g/mol. The van der Waals surface area contributed by atoms with Crippen molar-refractivity contribution in [3.05, 3.63) is 102 Å². The largest absolute Gasteiger partial charge is 0.492 e. The highest BCUT2D eigenvalue weighted by atomic mass is 16.5. The van der Waals surface area contributed by atoms with Gasteiger partial charge in [0.25, 0.3) is 0 Å². The number of nitrogens with zero attached hydrogens (tertiary/aromatic N) is 1. The molecular formula is C33H43NO2. The first-order chi connectivity index (χ1) is 17.8. The number of rotatable bonds is 12. The molecule has 0 aliphatic carbocycles. The molecule has 1 heterocycles. The van der Waals surface area contributed by atoms with E-state index in [1.165, 1.54) is 47.1 Å². The van der Waals surface area contributed by atoms with Gasteiger partial charge in [-0.2, -0.15) is 0 Å². The van der Waals surface area contributed by atoms with E-state index in [9.17, 15) is 0 Å². The van der Waals surface area contributed by atoms with E-state index in [0.717, 1.165) is 45.0 Å². The number of hydrogen-bond acceptors (Lipinski definition) is 3. The van der Waals surface area contributed by atoms with Gasteiger partial charge >= 0.3 is 0 Å². The van der Waals surface area contributed by atoms with E-state index in [-0.39, 0.29) is 0 Å². The number of ether oxygens (including phenoxy) is 2. The fourth-order valence-corrected chi connectivity index (χ4v) is 4.22. The summed E-state index contributed by atoms with van der Waals surface area (Å²) < 4.78 is 10.8. The lowest BCUT2D eigenvalue weighted by molar-refractivity contribution is 0.0367. The molecule has 0 N–H and O–H groups in total. The second kappa shape index (κ2) is 16.0. The van der Waals surface area contributed by atoms with Gasteiger partial charge in [0.2, 0.25) is 0 Å². The van der Waals surface area contributed by atoms with E-state index >= 15 is 0 Å². The van der Waals surface area contributed by atoms with Crippen LogP contribution in [-0.2, 0) is 4.74 Å². The van der Waals surface area contributed by atoms with Crippen LogP contribution in [0.15, 0.2) is 84.9 Å². The van der Waals surface area contributed by atoms with Gasteiger partial charge in [0.15, 0.2) is 0 Å². The minimum atomic E-state index is 0.716. The lowest BCUT2D eigenvalue weighted by Gasteiger charge is -2.19. The first-order valence-electron chi connectivity index (χ1n) is 13.6. The molecule has 3 aromatic rings. The van der Waals surface area contributed by atoms with Gasteiger partial charge in [-0.05, 0) is 72.3 Å². The topological polar surface area (TPSA) is 21.7 Å². The molecule has 0 aromatic heterocycles. The molecule has 0 amide bonds. The summed E-state index contributed by atoms with van der Waals surface area (Å²) in [6.45, 7) is 12.4. The SMILES string of the molecule is C1COC1.CCCC/C(=C(\c1ccccc1)c1ccc(OCCN(CC)CC)cc1)c1ccccc1. The predicted octanol–water partition coefficient (Wildman–Crippen LogP) is 7.96. The molecule has 3 aromatic carbocycles. The van der Waals surface area contributed by atoms with Gasteiger partial charge < -0.3 is 14.4 Å². The van der Waals surface area contributed by atoms with Crippen LogP contribution < -0.4 is 4.74 Å². The van der Waals surface area contributed by atoms with Gasteiger partial charge in [0.05, 0.1) is 0 Å². The van der Waals surface area contributed by atoms with E-state index in [1.807, 2.05) is 0 Å². The number of unbranched alkanes of at least 4 members (excludes halogenated alkanes) is 1. The molecule has 3 heteroatoms. The molecule has 1 fully saturated rings. The Bertz CT molecular complexity index is 1000. The number of benzene rings is 3. The summed E-state index contributed by atoms with van der Waals surface area (Å²) >= 11 is 0. The molecule has 0 atom stereocenters. The van der Waals surface area contributed by atoms with Crippen LogP contribution in [0.4, 0.5) is 0 Å². The van der Waals surface area contributed by atoms with Crippen molar-refractivity contribution in [2.75, 3.05) is 39.5 Å². The van der Waals surface area contributed by atoms with Gasteiger partial charge in [-0.25, -0.2) is 0 Å². The van der Waals surface area contributed by atoms with Crippen LogP contribution in [0.25, 0.3) is 11.1 Å². The molecule has 0 unspecified atom stereocenters. The number of likely N-dealkylation sites (N-methyl/N-ethyl adjacent to an activating group) is 1. The minimum Gasteiger partial charge on any atom is -0.492 e. The molecule has 1 saturated heterocycles. The quantitative estimate of drug-likeness (QED) is 0.243. The summed E-state index contributed by atoms with van der Waals surface area (Å²) in [6, 6.07) is 30.3. The van der Waals surface area contributed by atoms with E-state index < -0.39 is 0 Å². The Hall–Kier alpha value is -2.88. The van der Waals surface area contributed by atoms with Crippen molar-refractivity contribution in [3.63, 3.8) is 0 Å². The smallest absolute Gasteiger partial charge is 0.119 e. The Morgan fingerprint density at radius 2 is 1.28 bits per heavy atom. The second-order valence-electron chi connectivity index (χ2n) is 9.05. The molecule has 1 aliphatic heterocycles. The van der Waals surface area contributed by atoms with Gasteiger partial charge in [0, 0.05) is 19.8 Å². The van der Waals surface area contributed by atoms with Crippen LogP contribution in [-0.4, -0.2) is 44.4 Å². The lowest BCUT2D eigenvalue weighted by atomic mass is 9.87. The highest BCUT2D eigenvalue weighted by molar-refractivity contribution is 5.98. The van der Waals surface area contributed by atoms with Crippen LogP contribution in [0.5, 0.6) is 5.75 Å². The summed E-state index contributed by atoms with van der Waals surface area (Å²) in [6.07, 6.45) is 4.69. The Morgan fingerprint density at radius 3 is 1.78 bits per heavy atom. The first kappa shape index (κ1) is 27.7. The van der Waals surface area contributed by atoms with Gasteiger partial charge in [-0.3, -0.25) is 0 Å². The van der Waals surface area contributed by atoms with Crippen LogP contribution in [0.2, 0.25) is 0 Å². The summed E-state index contributed by atoms with van der Waals surface area (Å²) in [5.41, 5.74) is 6.54. The number of allylic oxidation sites excluding steroid dienone is 1. The fourth-order valence-electron chi connectivity index (χ4n) is 4.22. The minimum absolute atomic E-state index is 0.716. The van der Waals surface area contributed by atoms with Crippen molar-refractivity contribution in [1.82, 2.24) is 4.90 Å². The van der Waals surface area contributed by atoms with Crippen molar-refractivity contribution in [1.29, 1.82) is 0 Å². The van der Waals surface area contributed by atoms with Crippen LogP contribution >= 0.6 is 0 Å². The van der Waals surface area contributed by atoms with Gasteiger partial charge in [0.1, 0.15) is 12.4 Å². The molecule has 0 radical (unpaired) electrons. The third-order valence-electron chi connectivity index (χ3n) is 6.56. The molecule has 192 valence electrons. The predicted molar refractivity (Wildman–Crippen MR) is 153 cm³/mol. The first-order valence-corrected chi connectivity index (χ1v) is 13.6. The zero-order valence-corrected chi connectivity index (χ0v) is 22.4. The Morgan fingerprint density at radius 1 is 0.750 bits per heavy atom. The standard InChI is InChI=1S/C30H37NO.C3H6O/c1-4-7-18-29(25-14-10-8-11-15-25)30(26-16-12-9-13-17-26)27-19-21-28(22-20-27)32-24-23-31(5-2)6-3;1-2-4-3-1/h8-17,19-22H,4-7,18,23-24H2,1-3H3;1-3H2/b30-29-;. The maximum absolute atomic E-state index is 6.03. The maximum Gasteiger partial charge on any atom is 0.119 e. The van der Waals surface area contributed by atoms with E-state index in [0.29, 0.717) is 6.61 Å². The highest BCUT2D eigenvalue weighted by Gasteiger charge is 2.14. The molecule has 3 nitrogen and oxygen atoms in total. The summed E-state index contributed by atoms with van der Waals surface area (Å²) in [4.78, 5) is 2.38. The van der Waals surface area contributed by atoms with E-state index in [1.54, 1.807) is 0 Å². The van der Waals surface area contributed by atoms with Gasteiger partial charge in [-0.15, -0.1) is 0 Å². The van der Waals surface area contributed by atoms with Crippen LogP contribution in [0.3, 0.4) is 0 Å². The lowest BCUT2D eigenvalue weighted by Crippen LogP contribution is -2.27. The summed E-state index contributed by atoms with van der Waals surface area (Å²) in [5.74, 6) is 0.933. The van der Waals surface area contributed by atoms with E-state index in [2.05, 4.69) is 111 Å². The van der Waals surface area contributed by atoms with Crippen molar-refractivity contribution >= 4 is 11.1 Å². The molecule has 4 rings (SSSR count). The molecule has 0 spiro atoms. The third-order valence-corrected chi connectivity index (χ3v) is 6.56. The summed E-state index contributed by atoms with van der Waals surface area (Å²) in [5, 5.41) is 0. The Balaban J connectivity index is 0.000000819. The van der Waals surface area contributed by atoms with Crippen LogP contribution in [0.1, 0.15) is 63.1 Å². The van der Waals surface area contributed by atoms with Gasteiger partial charge in [-0.1, -0.05) is 100.0 Å². The van der Waals surface area contributed by atoms with Crippen molar-refractivity contribution < 1.29 is 9.47 Å². The molecule has 0 bridgehead atoms.